The number of aryl methyl sites for hydroxylation is 1. The molecule has 0 aromatic heterocycles. The second kappa shape index (κ2) is 6.33. The molecule has 1 rings (SSSR count). The van der Waals surface area contributed by atoms with Gasteiger partial charge >= 0.3 is 0 Å². The molecule has 0 aliphatic rings. The fraction of sp³-hybridized carbons (Fsp3) is 0.500. The Labute approximate surface area is 113 Å². The number of ether oxygens (including phenoxy) is 1. The van der Waals surface area contributed by atoms with Gasteiger partial charge in [-0.3, -0.25) is 0 Å². The van der Waals surface area contributed by atoms with Crippen molar-refractivity contribution < 1.29 is 18.3 Å². The Kier molecular flexibility index (Phi) is 5.30. The highest BCUT2D eigenvalue weighted by atomic mass is 32.2. The molecule has 4 N–H and O–H groups in total. The van der Waals surface area contributed by atoms with Crippen LogP contribution in [0.25, 0.3) is 0 Å². The monoisotopic (exact) mass is 288 g/mol. The summed E-state index contributed by atoms with van der Waals surface area (Å²) < 4.78 is 31.5. The first-order valence-corrected chi connectivity index (χ1v) is 7.29. The molecule has 108 valence electrons. The van der Waals surface area contributed by atoms with Gasteiger partial charge in [0.1, 0.15) is 0 Å². The first-order chi connectivity index (χ1) is 8.81. The standard InChI is InChI=1S/C12H20N2O4S/c1-8-4-11(5-12(13)9(8)2)19(16,17)14-10(6-15)7-18-3/h4-5,10,14-15H,6-7,13H2,1-3H3. The summed E-state index contributed by atoms with van der Waals surface area (Å²) in [6.45, 7) is 3.38. The smallest absolute Gasteiger partial charge is 0.241 e. The normalized spacial score (nSPS) is 13.5. The SMILES string of the molecule is COCC(CO)NS(=O)(=O)c1cc(C)c(C)c(N)c1. The van der Waals surface area contributed by atoms with Crippen LogP contribution in [0.2, 0.25) is 0 Å². The van der Waals surface area contributed by atoms with Gasteiger partial charge in [0, 0.05) is 12.8 Å². The van der Waals surface area contributed by atoms with Gasteiger partial charge in [0.15, 0.2) is 0 Å². The zero-order valence-electron chi connectivity index (χ0n) is 11.3. The lowest BCUT2D eigenvalue weighted by molar-refractivity contribution is 0.139. The molecule has 0 saturated heterocycles. The first-order valence-electron chi connectivity index (χ1n) is 5.80. The van der Waals surface area contributed by atoms with Gasteiger partial charge in [-0.25, -0.2) is 13.1 Å². The molecule has 0 radical (unpaired) electrons. The summed E-state index contributed by atoms with van der Waals surface area (Å²) >= 11 is 0. The van der Waals surface area contributed by atoms with E-state index in [2.05, 4.69) is 4.72 Å². The number of benzene rings is 1. The van der Waals surface area contributed by atoms with E-state index < -0.39 is 16.1 Å². The van der Waals surface area contributed by atoms with E-state index in [1.807, 2.05) is 6.92 Å². The summed E-state index contributed by atoms with van der Waals surface area (Å²) in [6.07, 6.45) is 0. The number of aliphatic hydroxyl groups is 1. The molecule has 0 saturated carbocycles. The molecule has 1 atom stereocenters. The summed E-state index contributed by atoms with van der Waals surface area (Å²) in [4.78, 5) is 0.0858. The third-order valence-electron chi connectivity index (χ3n) is 2.90. The second-order valence-electron chi connectivity index (χ2n) is 4.41. The van der Waals surface area contributed by atoms with Crippen molar-refractivity contribution in [2.24, 2.45) is 0 Å². The van der Waals surface area contributed by atoms with Crippen molar-refractivity contribution in [3.63, 3.8) is 0 Å². The molecular weight excluding hydrogens is 268 g/mol. The van der Waals surface area contributed by atoms with Gasteiger partial charge in [-0.05, 0) is 37.1 Å². The van der Waals surface area contributed by atoms with E-state index in [1.165, 1.54) is 13.2 Å². The van der Waals surface area contributed by atoms with E-state index in [-0.39, 0.29) is 18.1 Å². The zero-order valence-corrected chi connectivity index (χ0v) is 12.1. The highest BCUT2D eigenvalue weighted by molar-refractivity contribution is 7.89. The van der Waals surface area contributed by atoms with Crippen molar-refractivity contribution in [2.45, 2.75) is 24.8 Å². The maximum Gasteiger partial charge on any atom is 0.241 e. The molecule has 0 bridgehead atoms. The highest BCUT2D eigenvalue weighted by Gasteiger charge is 2.20. The summed E-state index contributed by atoms with van der Waals surface area (Å²) in [5, 5.41) is 9.09. The Morgan fingerprint density at radius 3 is 2.53 bits per heavy atom. The molecule has 0 aliphatic carbocycles. The molecule has 0 amide bonds. The number of aliphatic hydroxyl groups excluding tert-OH is 1. The number of sulfonamides is 1. The average Bonchev–Trinajstić information content (AvgIpc) is 2.34. The predicted octanol–water partition coefficient (Wildman–Crippen LogP) is 0.171. The second-order valence-corrected chi connectivity index (χ2v) is 6.12. The molecule has 1 aromatic rings. The number of hydrogen-bond donors (Lipinski definition) is 3. The minimum atomic E-state index is -3.73. The Hall–Kier alpha value is -1.15. The third-order valence-corrected chi connectivity index (χ3v) is 4.40. The van der Waals surface area contributed by atoms with Crippen LogP contribution in [0.4, 0.5) is 5.69 Å². The van der Waals surface area contributed by atoms with E-state index in [1.54, 1.807) is 13.0 Å². The van der Waals surface area contributed by atoms with Crippen molar-refractivity contribution in [3.05, 3.63) is 23.3 Å². The van der Waals surface area contributed by atoms with E-state index in [4.69, 9.17) is 15.6 Å². The van der Waals surface area contributed by atoms with Crippen LogP contribution in [0.1, 0.15) is 11.1 Å². The van der Waals surface area contributed by atoms with Crippen molar-refractivity contribution in [2.75, 3.05) is 26.1 Å². The fourth-order valence-corrected chi connectivity index (χ4v) is 2.95. The Bertz CT molecular complexity index is 520. The average molecular weight is 288 g/mol. The Morgan fingerprint density at radius 2 is 2.05 bits per heavy atom. The van der Waals surface area contributed by atoms with Gasteiger partial charge < -0.3 is 15.6 Å². The fourth-order valence-electron chi connectivity index (χ4n) is 1.62. The maximum atomic E-state index is 12.2. The van der Waals surface area contributed by atoms with Crippen LogP contribution >= 0.6 is 0 Å². The molecule has 1 aromatic carbocycles. The van der Waals surface area contributed by atoms with Gasteiger partial charge in [0.05, 0.1) is 24.2 Å². The van der Waals surface area contributed by atoms with Gasteiger partial charge in [0.25, 0.3) is 0 Å². The number of nitrogen functional groups attached to an aromatic ring is 1. The lowest BCUT2D eigenvalue weighted by atomic mass is 10.1. The molecular formula is C12H20N2O4S. The van der Waals surface area contributed by atoms with E-state index in [0.29, 0.717) is 5.69 Å². The van der Waals surface area contributed by atoms with Crippen LogP contribution in [-0.4, -0.2) is 39.9 Å². The Balaban J connectivity index is 3.07. The van der Waals surface area contributed by atoms with E-state index in [9.17, 15) is 8.42 Å². The molecule has 0 fully saturated rings. The molecule has 7 heteroatoms. The largest absolute Gasteiger partial charge is 0.398 e. The maximum absolute atomic E-state index is 12.2. The molecule has 0 heterocycles. The number of methoxy groups -OCH3 is 1. The zero-order chi connectivity index (χ0) is 14.6. The van der Waals surface area contributed by atoms with Crippen molar-refractivity contribution in [3.8, 4) is 0 Å². The van der Waals surface area contributed by atoms with Gasteiger partial charge in [0.2, 0.25) is 10.0 Å². The van der Waals surface area contributed by atoms with Gasteiger partial charge in [-0.2, -0.15) is 0 Å². The van der Waals surface area contributed by atoms with E-state index >= 15 is 0 Å². The number of hydrogen-bond acceptors (Lipinski definition) is 5. The summed E-state index contributed by atoms with van der Waals surface area (Å²) in [6, 6.07) is 2.28. The molecule has 19 heavy (non-hydrogen) atoms. The number of rotatable bonds is 6. The topological polar surface area (TPSA) is 102 Å². The van der Waals surface area contributed by atoms with Crippen LogP contribution in [0.5, 0.6) is 0 Å². The van der Waals surface area contributed by atoms with Gasteiger partial charge in [-0.15, -0.1) is 0 Å². The van der Waals surface area contributed by atoms with Crippen LogP contribution in [0.3, 0.4) is 0 Å². The Morgan fingerprint density at radius 1 is 1.42 bits per heavy atom. The van der Waals surface area contributed by atoms with Crippen molar-refractivity contribution >= 4 is 15.7 Å². The number of anilines is 1. The van der Waals surface area contributed by atoms with Crippen LogP contribution < -0.4 is 10.5 Å². The number of nitrogens with one attached hydrogen (secondary N) is 1. The first kappa shape index (κ1) is 15.9. The van der Waals surface area contributed by atoms with Crippen LogP contribution in [0, 0.1) is 13.8 Å². The summed E-state index contributed by atoms with van der Waals surface area (Å²) in [7, 11) is -2.29. The molecule has 0 spiro atoms. The third kappa shape index (κ3) is 3.90. The minimum absolute atomic E-state index is 0.0858. The quantitative estimate of drug-likeness (QED) is 0.648. The van der Waals surface area contributed by atoms with E-state index in [0.717, 1.165) is 11.1 Å². The van der Waals surface area contributed by atoms with Crippen molar-refractivity contribution in [1.29, 1.82) is 0 Å². The highest BCUT2D eigenvalue weighted by Crippen LogP contribution is 2.21. The molecule has 1 unspecified atom stereocenters. The van der Waals surface area contributed by atoms with Crippen LogP contribution in [-0.2, 0) is 14.8 Å². The summed E-state index contributed by atoms with van der Waals surface area (Å²) in [5.41, 5.74) is 7.85. The number of nitrogens with two attached hydrogens (primary N) is 1. The lowest BCUT2D eigenvalue weighted by Gasteiger charge is -2.16. The lowest BCUT2D eigenvalue weighted by Crippen LogP contribution is -2.40. The minimum Gasteiger partial charge on any atom is -0.398 e. The van der Waals surface area contributed by atoms with Gasteiger partial charge in [-0.1, -0.05) is 0 Å². The molecule has 0 aliphatic heterocycles. The summed E-state index contributed by atoms with van der Waals surface area (Å²) in [5.74, 6) is 0. The molecule has 6 nitrogen and oxygen atoms in total. The van der Waals surface area contributed by atoms with Crippen molar-refractivity contribution in [1.82, 2.24) is 4.72 Å². The van der Waals surface area contributed by atoms with Crippen LogP contribution in [0.15, 0.2) is 17.0 Å². The predicted molar refractivity (Wildman–Crippen MR) is 73.4 cm³/mol.